The highest BCUT2D eigenvalue weighted by Gasteiger charge is 2.15. The van der Waals surface area contributed by atoms with Gasteiger partial charge in [0.05, 0.1) is 6.10 Å². The van der Waals surface area contributed by atoms with E-state index in [0.717, 1.165) is 0 Å². The predicted molar refractivity (Wildman–Crippen MR) is 69.7 cm³/mol. The van der Waals surface area contributed by atoms with Crippen molar-refractivity contribution in [1.82, 2.24) is 5.32 Å². The molecule has 0 radical (unpaired) electrons. The fourth-order valence-electron chi connectivity index (χ4n) is 1.90. The molecule has 0 fully saturated rings. The molecule has 0 saturated heterocycles. The molecule has 1 aromatic rings. The van der Waals surface area contributed by atoms with Crippen molar-refractivity contribution in [3.63, 3.8) is 0 Å². The summed E-state index contributed by atoms with van der Waals surface area (Å²) in [7, 11) is 0. The van der Waals surface area contributed by atoms with Crippen LogP contribution in [0.3, 0.4) is 0 Å². The first-order chi connectivity index (χ1) is 8.54. The molecule has 2 atom stereocenters. The van der Waals surface area contributed by atoms with Crippen LogP contribution in [-0.4, -0.2) is 29.4 Å². The van der Waals surface area contributed by atoms with E-state index in [0.29, 0.717) is 24.4 Å². The first kappa shape index (κ1) is 15.1. The Morgan fingerprint density at radius 3 is 2.61 bits per heavy atom. The van der Waals surface area contributed by atoms with Gasteiger partial charge in [-0.1, -0.05) is 26.0 Å². The molecule has 0 aliphatic rings. The van der Waals surface area contributed by atoms with E-state index in [4.69, 9.17) is 5.11 Å². The third-order valence-electron chi connectivity index (χ3n) is 3.05. The highest BCUT2D eigenvalue weighted by molar-refractivity contribution is 5.18. The van der Waals surface area contributed by atoms with Gasteiger partial charge < -0.3 is 15.5 Å². The van der Waals surface area contributed by atoms with Gasteiger partial charge in [-0.25, -0.2) is 4.39 Å². The number of rotatable bonds is 7. The summed E-state index contributed by atoms with van der Waals surface area (Å²) >= 11 is 0. The minimum absolute atomic E-state index is 0.117. The third kappa shape index (κ3) is 4.72. The van der Waals surface area contributed by atoms with Crippen LogP contribution >= 0.6 is 0 Å². The lowest BCUT2D eigenvalue weighted by Crippen LogP contribution is -2.37. The Balaban J connectivity index is 2.51. The molecule has 2 unspecified atom stereocenters. The molecule has 0 spiro atoms. The van der Waals surface area contributed by atoms with Gasteiger partial charge in [0.2, 0.25) is 0 Å². The lowest BCUT2D eigenvalue weighted by atomic mass is 10.0. The SMILES string of the molecule is CC(C)C(CCO)NCC(O)c1cccc(F)c1. The Bertz CT molecular complexity index is 357. The van der Waals surface area contributed by atoms with Gasteiger partial charge >= 0.3 is 0 Å². The normalized spacial score (nSPS) is 14.8. The van der Waals surface area contributed by atoms with Crippen LogP contribution in [0.2, 0.25) is 0 Å². The van der Waals surface area contributed by atoms with E-state index in [9.17, 15) is 9.50 Å². The number of nitrogens with one attached hydrogen (secondary N) is 1. The van der Waals surface area contributed by atoms with Gasteiger partial charge in [-0.05, 0) is 30.0 Å². The highest BCUT2D eigenvalue weighted by atomic mass is 19.1. The van der Waals surface area contributed by atoms with Crippen molar-refractivity contribution in [1.29, 1.82) is 0 Å². The van der Waals surface area contributed by atoms with Crippen molar-refractivity contribution >= 4 is 0 Å². The van der Waals surface area contributed by atoms with Crippen molar-refractivity contribution in [2.24, 2.45) is 5.92 Å². The molecule has 0 aliphatic heterocycles. The summed E-state index contributed by atoms with van der Waals surface area (Å²) in [6.07, 6.45) is -0.0891. The molecule has 0 heterocycles. The van der Waals surface area contributed by atoms with E-state index in [1.54, 1.807) is 12.1 Å². The lowest BCUT2D eigenvalue weighted by Gasteiger charge is -2.23. The van der Waals surface area contributed by atoms with Crippen LogP contribution < -0.4 is 5.32 Å². The molecule has 0 saturated carbocycles. The molecular formula is C14H22FNO2. The van der Waals surface area contributed by atoms with Crippen molar-refractivity contribution in [3.05, 3.63) is 35.6 Å². The van der Waals surface area contributed by atoms with Crippen molar-refractivity contribution in [3.8, 4) is 0 Å². The number of aliphatic hydroxyl groups is 2. The molecule has 3 nitrogen and oxygen atoms in total. The average molecular weight is 255 g/mol. The first-order valence-electron chi connectivity index (χ1n) is 6.32. The van der Waals surface area contributed by atoms with Crippen LogP contribution in [0.15, 0.2) is 24.3 Å². The van der Waals surface area contributed by atoms with Gasteiger partial charge in [0.15, 0.2) is 0 Å². The summed E-state index contributed by atoms with van der Waals surface area (Å²) in [6.45, 7) is 4.59. The second-order valence-corrected chi connectivity index (χ2v) is 4.84. The summed E-state index contributed by atoms with van der Waals surface area (Å²) in [6, 6.07) is 6.13. The van der Waals surface area contributed by atoms with Crippen LogP contribution in [0.25, 0.3) is 0 Å². The molecule has 1 aromatic carbocycles. The molecule has 3 N–H and O–H groups in total. The smallest absolute Gasteiger partial charge is 0.123 e. The van der Waals surface area contributed by atoms with Gasteiger partial charge in [0.25, 0.3) is 0 Å². The average Bonchev–Trinajstić information content (AvgIpc) is 2.33. The van der Waals surface area contributed by atoms with Gasteiger partial charge in [-0.2, -0.15) is 0 Å². The van der Waals surface area contributed by atoms with Crippen LogP contribution in [-0.2, 0) is 0 Å². The zero-order valence-electron chi connectivity index (χ0n) is 10.9. The van der Waals surface area contributed by atoms with E-state index >= 15 is 0 Å². The van der Waals surface area contributed by atoms with Gasteiger partial charge in [-0.15, -0.1) is 0 Å². The lowest BCUT2D eigenvalue weighted by molar-refractivity contribution is 0.158. The first-order valence-corrected chi connectivity index (χ1v) is 6.32. The van der Waals surface area contributed by atoms with Crippen LogP contribution in [0.1, 0.15) is 31.9 Å². The Labute approximate surface area is 108 Å². The summed E-state index contributed by atoms with van der Waals surface area (Å²) in [5.74, 6) is 0.0270. The van der Waals surface area contributed by atoms with Crippen LogP contribution in [0.5, 0.6) is 0 Å². The summed E-state index contributed by atoms with van der Waals surface area (Å²) < 4.78 is 13.0. The van der Waals surface area contributed by atoms with Crippen molar-refractivity contribution < 1.29 is 14.6 Å². The monoisotopic (exact) mass is 255 g/mol. The maximum absolute atomic E-state index is 13.0. The molecule has 1 rings (SSSR count). The Morgan fingerprint density at radius 2 is 2.06 bits per heavy atom. The Hall–Kier alpha value is -0.970. The maximum atomic E-state index is 13.0. The van der Waals surface area contributed by atoms with Gasteiger partial charge in [-0.3, -0.25) is 0 Å². The van der Waals surface area contributed by atoms with E-state index in [2.05, 4.69) is 19.2 Å². The number of hydrogen-bond acceptors (Lipinski definition) is 3. The standard InChI is InChI=1S/C14H22FNO2/c1-10(2)13(6-7-17)16-9-14(18)11-4-3-5-12(15)8-11/h3-5,8,10,13-14,16-18H,6-7,9H2,1-2H3. The quantitative estimate of drug-likeness (QED) is 0.697. The molecule has 0 amide bonds. The number of benzene rings is 1. The minimum atomic E-state index is -0.736. The Kier molecular flexibility index (Phi) is 6.25. The largest absolute Gasteiger partial charge is 0.396 e. The van der Waals surface area contributed by atoms with Gasteiger partial charge in [0.1, 0.15) is 5.82 Å². The van der Waals surface area contributed by atoms with E-state index < -0.39 is 6.10 Å². The predicted octanol–water partition coefficient (Wildman–Crippen LogP) is 1.86. The summed E-state index contributed by atoms with van der Waals surface area (Å²) in [5.41, 5.74) is 0.564. The zero-order valence-corrected chi connectivity index (χ0v) is 10.9. The number of halogens is 1. The van der Waals surface area contributed by atoms with Crippen molar-refractivity contribution in [2.45, 2.75) is 32.4 Å². The second-order valence-electron chi connectivity index (χ2n) is 4.84. The third-order valence-corrected chi connectivity index (χ3v) is 3.05. The minimum Gasteiger partial charge on any atom is -0.396 e. The topological polar surface area (TPSA) is 52.5 Å². The molecule has 0 aliphatic carbocycles. The fourth-order valence-corrected chi connectivity index (χ4v) is 1.90. The van der Waals surface area contributed by atoms with E-state index in [-0.39, 0.29) is 18.5 Å². The highest BCUT2D eigenvalue weighted by Crippen LogP contribution is 2.14. The summed E-state index contributed by atoms with van der Waals surface area (Å²) in [4.78, 5) is 0. The van der Waals surface area contributed by atoms with Crippen LogP contribution in [0, 0.1) is 11.7 Å². The maximum Gasteiger partial charge on any atom is 0.123 e. The van der Waals surface area contributed by atoms with Crippen LogP contribution in [0.4, 0.5) is 4.39 Å². The molecule has 102 valence electrons. The van der Waals surface area contributed by atoms with Gasteiger partial charge in [0, 0.05) is 19.2 Å². The fraction of sp³-hybridized carbons (Fsp3) is 0.571. The molecule has 4 heteroatoms. The number of hydrogen-bond donors (Lipinski definition) is 3. The summed E-state index contributed by atoms with van der Waals surface area (Å²) in [5, 5.41) is 22.1. The zero-order chi connectivity index (χ0) is 13.5. The van der Waals surface area contributed by atoms with Crippen molar-refractivity contribution in [2.75, 3.05) is 13.2 Å². The van der Waals surface area contributed by atoms with E-state index in [1.807, 2.05) is 0 Å². The number of aliphatic hydroxyl groups excluding tert-OH is 2. The molecule has 0 aromatic heterocycles. The molecule has 0 bridgehead atoms. The molecular weight excluding hydrogens is 233 g/mol. The molecule has 18 heavy (non-hydrogen) atoms. The second kappa shape index (κ2) is 7.46. The Morgan fingerprint density at radius 1 is 1.33 bits per heavy atom. The van der Waals surface area contributed by atoms with E-state index in [1.165, 1.54) is 12.1 Å².